The number of carbonyl (C=O) groups excluding carboxylic acids is 2. The standard InChI is InChI=1S/C14H16N2O4S/c1-14(2,3)10-6-12(20-16-10)15-11(17)7-19-13(18)9-4-5-21-8-9/h4-6,8H,7H2,1-3H3,(H,15,17). The maximum atomic E-state index is 11.7. The molecule has 0 spiro atoms. The van der Waals surface area contributed by atoms with E-state index in [9.17, 15) is 9.59 Å². The van der Waals surface area contributed by atoms with Crippen molar-refractivity contribution >= 4 is 29.1 Å². The molecular formula is C14H16N2O4S. The number of rotatable bonds is 4. The highest BCUT2D eigenvalue weighted by atomic mass is 32.1. The number of hydrogen-bond acceptors (Lipinski definition) is 6. The van der Waals surface area contributed by atoms with Crippen LogP contribution in [0.25, 0.3) is 0 Å². The Morgan fingerprint density at radius 3 is 2.76 bits per heavy atom. The van der Waals surface area contributed by atoms with Gasteiger partial charge >= 0.3 is 5.97 Å². The van der Waals surface area contributed by atoms with Crippen LogP contribution >= 0.6 is 11.3 Å². The SMILES string of the molecule is CC(C)(C)c1cc(NC(=O)COC(=O)c2ccsc2)on1. The van der Waals surface area contributed by atoms with E-state index in [4.69, 9.17) is 9.26 Å². The van der Waals surface area contributed by atoms with E-state index in [-0.39, 0.29) is 17.9 Å². The smallest absolute Gasteiger partial charge is 0.339 e. The molecule has 0 aromatic carbocycles. The van der Waals surface area contributed by atoms with Crippen molar-refractivity contribution in [2.24, 2.45) is 0 Å². The molecule has 7 heteroatoms. The Labute approximate surface area is 126 Å². The van der Waals surface area contributed by atoms with Crippen LogP contribution in [0, 0.1) is 0 Å². The van der Waals surface area contributed by atoms with Gasteiger partial charge in [-0.3, -0.25) is 10.1 Å². The predicted molar refractivity (Wildman–Crippen MR) is 78.4 cm³/mol. The first kappa shape index (κ1) is 15.2. The van der Waals surface area contributed by atoms with Crippen molar-refractivity contribution in [1.29, 1.82) is 0 Å². The number of ether oxygens (including phenoxy) is 1. The number of aromatic nitrogens is 1. The Bertz CT molecular complexity index is 626. The molecule has 0 radical (unpaired) electrons. The lowest BCUT2D eigenvalue weighted by Crippen LogP contribution is -2.20. The fraction of sp³-hybridized carbons (Fsp3) is 0.357. The van der Waals surface area contributed by atoms with Crippen LogP contribution in [0.5, 0.6) is 0 Å². The summed E-state index contributed by atoms with van der Waals surface area (Å²) in [7, 11) is 0. The van der Waals surface area contributed by atoms with Crippen LogP contribution in [-0.4, -0.2) is 23.6 Å². The third-order valence-corrected chi connectivity index (χ3v) is 3.32. The van der Waals surface area contributed by atoms with Crippen LogP contribution in [0.2, 0.25) is 0 Å². The van der Waals surface area contributed by atoms with Crippen LogP contribution < -0.4 is 5.32 Å². The second-order valence-corrected chi connectivity index (χ2v) is 6.24. The number of anilines is 1. The zero-order chi connectivity index (χ0) is 15.5. The van der Waals surface area contributed by atoms with Gasteiger partial charge in [0.15, 0.2) is 6.61 Å². The second kappa shape index (κ2) is 6.09. The van der Waals surface area contributed by atoms with Gasteiger partial charge < -0.3 is 9.26 Å². The van der Waals surface area contributed by atoms with Crippen LogP contribution in [0.4, 0.5) is 5.88 Å². The van der Waals surface area contributed by atoms with Crippen LogP contribution in [0.15, 0.2) is 27.4 Å². The zero-order valence-electron chi connectivity index (χ0n) is 12.0. The molecule has 0 fully saturated rings. The van der Waals surface area contributed by atoms with E-state index in [1.807, 2.05) is 20.8 Å². The Hall–Kier alpha value is -2.15. The Balaban J connectivity index is 1.85. The minimum atomic E-state index is -0.528. The van der Waals surface area contributed by atoms with Crippen molar-refractivity contribution in [3.8, 4) is 0 Å². The average Bonchev–Trinajstić information content (AvgIpc) is 3.05. The van der Waals surface area contributed by atoms with E-state index in [1.54, 1.807) is 22.9 Å². The van der Waals surface area contributed by atoms with Crippen molar-refractivity contribution in [2.75, 3.05) is 11.9 Å². The molecule has 0 aliphatic rings. The predicted octanol–water partition coefficient (Wildman–Crippen LogP) is 2.83. The normalized spacial score (nSPS) is 11.2. The maximum Gasteiger partial charge on any atom is 0.339 e. The fourth-order valence-electron chi connectivity index (χ4n) is 1.46. The molecule has 2 aromatic rings. The first-order valence-corrected chi connectivity index (χ1v) is 7.27. The highest BCUT2D eigenvalue weighted by molar-refractivity contribution is 7.08. The summed E-state index contributed by atoms with van der Waals surface area (Å²) in [4.78, 5) is 23.2. The van der Waals surface area contributed by atoms with Crippen molar-refractivity contribution in [2.45, 2.75) is 26.2 Å². The summed E-state index contributed by atoms with van der Waals surface area (Å²) in [5.74, 6) is -0.772. The first-order chi connectivity index (χ1) is 9.86. The molecule has 21 heavy (non-hydrogen) atoms. The fourth-order valence-corrected chi connectivity index (χ4v) is 2.08. The van der Waals surface area contributed by atoms with Crippen molar-refractivity contribution in [3.05, 3.63) is 34.2 Å². The molecule has 1 amide bonds. The molecule has 0 saturated heterocycles. The van der Waals surface area contributed by atoms with Gasteiger partial charge in [0.2, 0.25) is 5.88 Å². The molecule has 0 aliphatic heterocycles. The van der Waals surface area contributed by atoms with Crippen LogP contribution in [0.1, 0.15) is 36.8 Å². The molecule has 1 N–H and O–H groups in total. The minimum Gasteiger partial charge on any atom is -0.452 e. The van der Waals surface area contributed by atoms with E-state index >= 15 is 0 Å². The highest BCUT2D eigenvalue weighted by Crippen LogP contribution is 2.23. The number of thiophene rings is 1. The summed E-state index contributed by atoms with van der Waals surface area (Å²) in [5.41, 5.74) is 0.994. The van der Waals surface area contributed by atoms with Gasteiger partial charge in [0.05, 0.1) is 11.3 Å². The first-order valence-electron chi connectivity index (χ1n) is 6.32. The van der Waals surface area contributed by atoms with Crippen molar-refractivity contribution in [3.63, 3.8) is 0 Å². The molecule has 2 rings (SSSR count). The summed E-state index contributed by atoms with van der Waals surface area (Å²) in [5, 5.41) is 9.79. The Morgan fingerprint density at radius 2 is 2.19 bits per heavy atom. The van der Waals surface area contributed by atoms with E-state index in [0.717, 1.165) is 5.69 Å². The quantitative estimate of drug-likeness (QED) is 0.878. The van der Waals surface area contributed by atoms with Crippen LogP contribution in [-0.2, 0) is 14.9 Å². The molecule has 0 bridgehead atoms. The van der Waals surface area contributed by atoms with Gasteiger partial charge in [-0.05, 0) is 11.4 Å². The molecule has 0 aliphatic carbocycles. The number of hydrogen-bond donors (Lipinski definition) is 1. The molecule has 2 heterocycles. The van der Waals surface area contributed by atoms with E-state index < -0.39 is 11.9 Å². The lowest BCUT2D eigenvalue weighted by molar-refractivity contribution is -0.119. The summed E-state index contributed by atoms with van der Waals surface area (Å²) in [6.07, 6.45) is 0. The van der Waals surface area contributed by atoms with Gasteiger partial charge in [0, 0.05) is 16.9 Å². The van der Waals surface area contributed by atoms with E-state index in [2.05, 4.69) is 10.5 Å². The number of nitrogens with zero attached hydrogens (tertiary/aromatic N) is 1. The molecule has 0 saturated carbocycles. The summed E-state index contributed by atoms with van der Waals surface area (Å²) in [6.45, 7) is 5.58. The second-order valence-electron chi connectivity index (χ2n) is 5.46. The largest absolute Gasteiger partial charge is 0.452 e. The number of amides is 1. The number of esters is 1. The monoisotopic (exact) mass is 308 g/mol. The van der Waals surface area contributed by atoms with E-state index in [0.29, 0.717) is 5.56 Å². The van der Waals surface area contributed by atoms with Gasteiger partial charge in [-0.25, -0.2) is 4.79 Å². The third-order valence-electron chi connectivity index (χ3n) is 2.63. The van der Waals surface area contributed by atoms with E-state index in [1.165, 1.54) is 11.3 Å². The molecular weight excluding hydrogens is 292 g/mol. The number of carbonyl (C=O) groups is 2. The topological polar surface area (TPSA) is 81.4 Å². The Kier molecular flexibility index (Phi) is 4.42. The minimum absolute atomic E-state index is 0.169. The lowest BCUT2D eigenvalue weighted by atomic mass is 9.92. The molecule has 6 nitrogen and oxygen atoms in total. The van der Waals surface area contributed by atoms with Gasteiger partial charge in [-0.15, -0.1) is 0 Å². The molecule has 0 unspecified atom stereocenters. The zero-order valence-corrected chi connectivity index (χ0v) is 12.8. The van der Waals surface area contributed by atoms with Crippen molar-refractivity contribution in [1.82, 2.24) is 5.16 Å². The number of nitrogens with one attached hydrogen (secondary N) is 1. The summed E-state index contributed by atoms with van der Waals surface area (Å²) >= 11 is 1.39. The van der Waals surface area contributed by atoms with Gasteiger partial charge in [-0.2, -0.15) is 11.3 Å². The summed E-state index contributed by atoms with van der Waals surface area (Å²) in [6, 6.07) is 3.29. The van der Waals surface area contributed by atoms with Gasteiger partial charge in [-0.1, -0.05) is 25.9 Å². The molecule has 112 valence electrons. The lowest BCUT2D eigenvalue weighted by Gasteiger charge is -2.12. The van der Waals surface area contributed by atoms with Crippen LogP contribution in [0.3, 0.4) is 0 Å². The Morgan fingerprint density at radius 1 is 1.43 bits per heavy atom. The molecule has 2 aromatic heterocycles. The maximum absolute atomic E-state index is 11.7. The molecule has 0 atom stereocenters. The average molecular weight is 308 g/mol. The van der Waals surface area contributed by atoms with Crippen molar-refractivity contribution < 1.29 is 18.8 Å². The van der Waals surface area contributed by atoms with Gasteiger partial charge in [0.25, 0.3) is 5.91 Å². The van der Waals surface area contributed by atoms with Gasteiger partial charge in [0.1, 0.15) is 0 Å². The third kappa shape index (κ3) is 4.16. The highest BCUT2D eigenvalue weighted by Gasteiger charge is 2.20. The summed E-state index contributed by atoms with van der Waals surface area (Å²) < 4.78 is 9.91.